The van der Waals surface area contributed by atoms with E-state index in [0.717, 1.165) is 86.4 Å². The molecule has 0 aliphatic carbocycles. The second-order valence-corrected chi connectivity index (χ2v) is 16.7. The summed E-state index contributed by atoms with van der Waals surface area (Å²) in [5.74, 6) is 0.0965. The van der Waals surface area contributed by atoms with Gasteiger partial charge in [0.15, 0.2) is 0 Å². The number of anilines is 2. The lowest BCUT2D eigenvalue weighted by molar-refractivity contribution is -0.136. The Balaban J connectivity index is 0.745. The van der Waals surface area contributed by atoms with Crippen LogP contribution < -0.4 is 36.6 Å². The van der Waals surface area contributed by atoms with E-state index in [-0.39, 0.29) is 41.9 Å². The number of benzene rings is 3. The van der Waals surface area contributed by atoms with Gasteiger partial charge in [-0.05, 0) is 124 Å². The molecule has 3 aromatic carbocycles. The van der Waals surface area contributed by atoms with Crippen molar-refractivity contribution in [1.29, 1.82) is 10.8 Å². The van der Waals surface area contributed by atoms with Crippen LogP contribution in [0.2, 0.25) is 0 Å². The third kappa shape index (κ3) is 16.2. The van der Waals surface area contributed by atoms with Crippen LogP contribution in [0.1, 0.15) is 108 Å². The van der Waals surface area contributed by atoms with E-state index in [0.29, 0.717) is 75.8 Å². The van der Waals surface area contributed by atoms with Crippen LogP contribution in [0.5, 0.6) is 5.75 Å². The maximum atomic E-state index is 13.2. The molecular formula is C50H65N11O7. The van der Waals surface area contributed by atoms with E-state index in [1.165, 1.54) is 6.33 Å². The van der Waals surface area contributed by atoms with Crippen molar-refractivity contribution in [2.24, 2.45) is 0 Å². The number of carbonyl (C=O) groups excluding carboxylic acids is 4. The molecule has 362 valence electrons. The molecule has 4 amide bonds. The lowest BCUT2D eigenvalue weighted by atomic mass is 10.0. The number of aromatic nitrogens is 2. The molecular weight excluding hydrogens is 867 g/mol. The Bertz CT molecular complexity index is 2310. The number of amides is 4. The summed E-state index contributed by atoms with van der Waals surface area (Å²) in [4.78, 5) is 59.4. The number of carbonyl (C=O) groups is 4. The fourth-order valence-electron chi connectivity index (χ4n) is 7.81. The molecule has 1 unspecified atom stereocenters. The van der Waals surface area contributed by atoms with Crippen LogP contribution in [-0.4, -0.2) is 115 Å². The fraction of sp³-hybridized carbons (Fsp3) is 0.440. The molecule has 0 saturated carbocycles. The third-order valence-corrected chi connectivity index (χ3v) is 11.5. The number of fused-ring (bicyclic) bond motifs is 1. The first-order valence-electron chi connectivity index (χ1n) is 23.6. The van der Waals surface area contributed by atoms with Gasteiger partial charge in [0.05, 0.1) is 38.3 Å². The normalized spacial score (nSPS) is 14.8. The molecule has 2 aliphatic heterocycles. The van der Waals surface area contributed by atoms with Crippen LogP contribution >= 0.6 is 0 Å². The maximum absolute atomic E-state index is 13.2. The summed E-state index contributed by atoms with van der Waals surface area (Å²) in [6.07, 6.45) is 9.66. The smallest absolute Gasteiger partial charge is 0.255 e. The minimum absolute atomic E-state index is 0.0893. The Morgan fingerprint density at radius 3 is 2.43 bits per heavy atom. The van der Waals surface area contributed by atoms with E-state index in [1.54, 1.807) is 23.2 Å². The summed E-state index contributed by atoms with van der Waals surface area (Å²) >= 11 is 0. The second-order valence-electron chi connectivity index (χ2n) is 16.7. The zero-order chi connectivity index (χ0) is 47.9. The van der Waals surface area contributed by atoms with Crippen LogP contribution in [0.3, 0.4) is 0 Å². The number of unbranched alkanes of at least 4 members (excludes halogenated alkanes) is 3. The molecule has 1 saturated heterocycles. The van der Waals surface area contributed by atoms with E-state index >= 15 is 0 Å². The Hall–Kier alpha value is -6.76. The zero-order valence-electron chi connectivity index (χ0n) is 38.9. The van der Waals surface area contributed by atoms with Crippen molar-refractivity contribution in [3.8, 4) is 5.75 Å². The molecule has 6 rings (SSSR count). The standard InChI is InChI=1S/C50H65N11O7/c1-35(58-48(63)37-11-6-12-39(30-37)55-22-9-21-53-20-8-14-45(51)59-47(52)43-19-23-54-34-57-43)36-10-7-13-41(32-36)68-26-5-3-2-4-25-66-28-29-67-27-24-56-40-15-16-42-38(31-40)33-61(50(42)65)44-17-18-46(62)60-49(44)64/h6-7,10-13,15-16,19,23,30-32,34-35,44,53,55-56H,2-5,8-9,14,17-18,20-22,24-29,33H2,1H3,(H,58,63)(H3,51,52,59)(H,60,62,64)/t35-,44?/m1/s1. The number of hydrogen-bond donors (Lipinski definition) is 8. The third-order valence-electron chi connectivity index (χ3n) is 11.5. The number of hydrogen-bond acceptors (Lipinski definition) is 14. The molecule has 0 radical (unpaired) electrons. The minimum atomic E-state index is -0.625. The van der Waals surface area contributed by atoms with Gasteiger partial charge < -0.3 is 45.7 Å². The predicted molar refractivity (Wildman–Crippen MR) is 260 cm³/mol. The van der Waals surface area contributed by atoms with Crippen LogP contribution in [0, 0.1) is 10.8 Å². The maximum Gasteiger partial charge on any atom is 0.255 e. The van der Waals surface area contributed by atoms with Gasteiger partial charge >= 0.3 is 0 Å². The minimum Gasteiger partial charge on any atom is -0.494 e. The molecule has 1 aromatic heterocycles. The summed E-state index contributed by atoms with van der Waals surface area (Å²) in [5, 5.41) is 34.4. The van der Waals surface area contributed by atoms with Crippen molar-refractivity contribution in [3.05, 3.63) is 113 Å². The quantitative estimate of drug-likeness (QED) is 0.0144. The monoisotopic (exact) mass is 932 g/mol. The first-order chi connectivity index (χ1) is 33.1. The topological polar surface area (TPSA) is 245 Å². The average Bonchev–Trinajstić information content (AvgIpc) is 3.67. The van der Waals surface area contributed by atoms with E-state index < -0.39 is 11.9 Å². The van der Waals surface area contributed by atoms with Crippen LogP contribution in [0.25, 0.3) is 0 Å². The Morgan fingerprint density at radius 2 is 1.60 bits per heavy atom. The van der Waals surface area contributed by atoms with Crippen molar-refractivity contribution < 1.29 is 33.4 Å². The van der Waals surface area contributed by atoms with Crippen molar-refractivity contribution in [1.82, 2.24) is 36.1 Å². The summed E-state index contributed by atoms with van der Waals surface area (Å²) in [6.45, 7) is 8.03. The predicted octanol–water partition coefficient (Wildman–Crippen LogP) is 5.58. The van der Waals surface area contributed by atoms with Crippen LogP contribution in [0.15, 0.2) is 85.3 Å². The lowest BCUT2D eigenvalue weighted by Gasteiger charge is -2.29. The lowest BCUT2D eigenvalue weighted by Crippen LogP contribution is -2.52. The number of nitrogens with zero attached hydrogens (tertiary/aromatic N) is 3. The average molecular weight is 932 g/mol. The van der Waals surface area contributed by atoms with E-state index in [9.17, 15) is 19.2 Å². The molecule has 3 heterocycles. The second kappa shape index (κ2) is 27.2. The largest absolute Gasteiger partial charge is 0.494 e. The highest BCUT2D eigenvalue weighted by atomic mass is 16.5. The van der Waals surface area contributed by atoms with Gasteiger partial charge in [0, 0.05) is 67.8 Å². The van der Waals surface area contributed by atoms with Crippen molar-refractivity contribution in [2.45, 2.75) is 83.3 Å². The molecule has 0 bridgehead atoms. The Morgan fingerprint density at radius 1 is 0.824 bits per heavy atom. The van der Waals surface area contributed by atoms with Gasteiger partial charge in [-0.2, -0.15) is 0 Å². The van der Waals surface area contributed by atoms with Gasteiger partial charge in [-0.25, -0.2) is 9.97 Å². The van der Waals surface area contributed by atoms with Crippen LogP contribution in [-0.2, 0) is 25.6 Å². The van der Waals surface area contributed by atoms with E-state index in [2.05, 4.69) is 41.9 Å². The number of rotatable bonds is 29. The van der Waals surface area contributed by atoms with Gasteiger partial charge in [-0.1, -0.05) is 24.6 Å². The first-order valence-corrected chi connectivity index (χ1v) is 23.6. The molecule has 2 atom stereocenters. The van der Waals surface area contributed by atoms with Gasteiger partial charge in [0.25, 0.3) is 11.8 Å². The highest BCUT2D eigenvalue weighted by molar-refractivity contribution is 6.06. The highest BCUT2D eigenvalue weighted by Gasteiger charge is 2.39. The van der Waals surface area contributed by atoms with E-state index in [4.69, 9.17) is 25.0 Å². The van der Waals surface area contributed by atoms with E-state index in [1.807, 2.05) is 67.6 Å². The van der Waals surface area contributed by atoms with Crippen LogP contribution in [0.4, 0.5) is 11.4 Å². The number of imide groups is 1. The molecule has 0 spiro atoms. The number of nitrogens with one attached hydrogen (secondary N) is 8. The van der Waals surface area contributed by atoms with Gasteiger partial charge in [0.2, 0.25) is 11.8 Å². The van der Waals surface area contributed by atoms with Crippen molar-refractivity contribution in [3.63, 3.8) is 0 Å². The van der Waals surface area contributed by atoms with Crippen molar-refractivity contribution in [2.75, 3.05) is 69.8 Å². The Labute approximate surface area is 398 Å². The highest BCUT2D eigenvalue weighted by Crippen LogP contribution is 2.29. The van der Waals surface area contributed by atoms with Gasteiger partial charge in [-0.3, -0.25) is 35.3 Å². The zero-order valence-corrected chi connectivity index (χ0v) is 38.9. The Kier molecular flexibility index (Phi) is 20.2. The number of ether oxygens (including phenoxy) is 3. The number of amidine groups is 2. The molecule has 1 fully saturated rings. The van der Waals surface area contributed by atoms with Gasteiger partial charge in [0.1, 0.15) is 29.6 Å². The fourth-order valence-corrected chi connectivity index (χ4v) is 7.81. The summed E-state index contributed by atoms with van der Waals surface area (Å²) in [7, 11) is 0. The molecule has 8 N–H and O–H groups in total. The summed E-state index contributed by atoms with van der Waals surface area (Å²) in [6, 6.07) is 21.7. The van der Waals surface area contributed by atoms with Crippen molar-refractivity contribution >= 4 is 46.7 Å². The molecule has 18 nitrogen and oxygen atoms in total. The SMILES string of the molecule is C[C@@H](NC(=O)c1cccc(NCCCNCCCC(=N)NC(=N)c2ccncn2)c1)c1cccc(OCCCCCCOCCOCCNc2ccc3c(c2)CN(C2CCC(=O)NC2=O)C3=O)c1. The molecule has 4 aromatic rings. The number of piperidine rings is 1. The molecule has 18 heteroatoms. The van der Waals surface area contributed by atoms with Gasteiger partial charge in [-0.15, -0.1) is 0 Å². The summed E-state index contributed by atoms with van der Waals surface area (Å²) < 4.78 is 17.5. The summed E-state index contributed by atoms with van der Waals surface area (Å²) in [5.41, 5.74) is 5.19. The molecule has 2 aliphatic rings. The first kappa shape index (κ1) is 50.6. The molecule has 68 heavy (non-hydrogen) atoms.